The molecule has 4 rings (SSSR count). The zero-order chi connectivity index (χ0) is 14.9. The molecular formula is C17H12N4O. The fourth-order valence-electron chi connectivity index (χ4n) is 2.61. The van der Waals surface area contributed by atoms with Gasteiger partial charge in [0, 0.05) is 16.7 Å². The van der Waals surface area contributed by atoms with Crippen molar-refractivity contribution in [1.29, 1.82) is 0 Å². The predicted molar refractivity (Wildman–Crippen MR) is 82.6 cm³/mol. The molecule has 0 saturated heterocycles. The third-order valence-electron chi connectivity index (χ3n) is 3.69. The molecule has 2 heterocycles. The predicted octanol–water partition coefficient (Wildman–Crippen LogP) is 2.30. The summed E-state index contributed by atoms with van der Waals surface area (Å²) in [5.74, 6) is 0.0681. The Morgan fingerprint density at radius 3 is 2.45 bits per heavy atom. The minimum absolute atomic E-state index is 0.0681. The molecule has 5 nitrogen and oxygen atoms in total. The Kier molecular flexibility index (Phi) is 2.89. The van der Waals surface area contributed by atoms with Crippen LogP contribution in [0.25, 0.3) is 5.69 Å². The van der Waals surface area contributed by atoms with E-state index < -0.39 is 0 Å². The van der Waals surface area contributed by atoms with Gasteiger partial charge in [-0.1, -0.05) is 36.4 Å². The Balaban J connectivity index is 1.75. The van der Waals surface area contributed by atoms with Gasteiger partial charge >= 0.3 is 0 Å². The van der Waals surface area contributed by atoms with E-state index in [-0.39, 0.29) is 12.3 Å². The number of fused-ring (bicyclic) bond motifs is 1. The molecule has 0 saturated carbocycles. The lowest BCUT2D eigenvalue weighted by molar-refractivity contribution is 0.1000. The van der Waals surface area contributed by atoms with Gasteiger partial charge in [-0.05, 0) is 12.1 Å². The highest BCUT2D eigenvalue weighted by atomic mass is 16.1. The van der Waals surface area contributed by atoms with E-state index in [4.69, 9.17) is 0 Å². The molecule has 0 radical (unpaired) electrons. The first-order chi connectivity index (χ1) is 10.8. The molecule has 2 aromatic carbocycles. The molecule has 0 spiro atoms. The van der Waals surface area contributed by atoms with Gasteiger partial charge in [-0.2, -0.15) is 5.10 Å². The lowest BCUT2D eigenvalue weighted by Gasteiger charge is -2.16. The molecule has 0 unspecified atom stereocenters. The van der Waals surface area contributed by atoms with Crippen LogP contribution in [-0.4, -0.2) is 32.8 Å². The number of carbonyl (C=O) groups excluding carboxylic acids is 1. The average molecular weight is 288 g/mol. The number of benzene rings is 2. The standard InChI is InChI=1S/C17H12N4O/c22-16-9-19-17(15-4-2-1-3-14(15)16)12-5-7-13(8-6-12)21-11-18-10-20-21/h1-8,10-11H,9H2. The SMILES string of the molecule is O=C1CN=C(c2ccc(-n3cncn3)cc2)c2ccccc21. The molecule has 0 N–H and O–H groups in total. The first-order valence-corrected chi connectivity index (χ1v) is 6.95. The van der Waals surface area contributed by atoms with E-state index in [1.165, 1.54) is 6.33 Å². The van der Waals surface area contributed by atoms with Crippen LogP contribution in [0.5, 0.6) is 0 Å². The van der Waals surface area contributed by atoms with Crippen molar-refractivity contribution in [2.45, 2.75) is 0 Å². The van der Waals surface area contributed by atoms with E-state index in [0.717, 1.165) is 28.1 Å². The van der Waals surface area contributed by atoms with Crippen LogP contribution >= 0.6 is 0 Å². The number of hydrogen-bond donors (Lipinski definition) is 0. The van der Waals surface area contributed by atoms with E-state index in [1.54, 1.807) is 11.0 Å². The van der Waals surface area contributed by atoms with E-state index >= 15 is 0 Å². The molecule has 1 aliphatic heterocycles. The second kappa shape index (κ2) is 5.04. The van der Waals surface area contributed by atoms with Crippen molar-refractivity contribution in [2.24, 2.45) is 4.99 Å². The molecular weight excluding hydrogens is 276 g/mol. The highest BCUT2D eigenvalue weighted by Gasteiger charge is 2.20. The largest absolute Gasteiger partial charge is 0.292 e. The van der Waals surface area contributed by atoms with E-state index in [1.807, 2.05) is 48.5 Å². The van der Waals surface area contributed by atoms with Gasteiger partial charge in [-0.3, -0.25) is 9.79 Å². The average Bonchev–Trinajstić information content (AvgIpc) is 3.10. The lowest BCUT2D eigenvalue weighted by atomic mass is 9.93. The smallest absolute Gasteiger partial charge is 0.184 e. The van der Waals surface area contributed by atoms with Crippen LogP contribution < -0.4 is 0 Å². The molecule has 0 amide bonds. The summed E-state index contributed by atoms with van der Waals surface area (Å²) in [6.07, 6.45) is 3.15. The van der Waals surface area contributed by atoms with E-state index in [9.17, 15) is 4.79 Å². The van der Waals surface area contributed by atoms with Crippen LogP contribution in [0.2, 0.25) is 0 Å². The van der Waals surface area contributed by atoms with Crippen LogP contribution in [0.1, 0.15) is 21.5 Å². The maximum atomic E-state index is 11.9. The quantitative estimate of drug-likeness (QED) is 0.727. The summed E-state index contributed by atoms with van der Waals surface area (Å²) >= 11 is 0. The van der Waals surface area contributed by atoms with Gasteiger partial charge in [0.25, 0.3) is 0 Å². The van der Waals surface area contributed by atoms with Crippen molar-refractivity contribution in [3.8, 4) is 5.69 Å². The topological polar surface area (TPSA) is 60.1 Å². The van der Waals surface area contributed by atoms with Gasteiger partial charge in [-0.15, -0.1) is 0 Å². The lowest BCUT2D eigenvalue weighted by Crippen LogP contribution is -2.19. The van der Waals surface area contributed by atoms with Crippen LogP contribution in [-0.2, 0) is 0 Å². The summed E-state index contributed by atoms with van der Waals surface area (Å²) in [6, 6.07) is 15.5. The van der Waals surface area contributed by atoms with Crippen molar-refractivity contribution < 1.29 is 4.79 Å². The third-order valence-corrected chi connectivity index (χ3v) is 3.69. The number of aromatic nitrogens is 3. The molecule has 0 aliphatic carbocycles. The van der Waals surface area contributed by atoms with E-state index in [2.05, 4.69) is 15.1 Å². The van der Waals surface area contributed by atoms with Gasteiger partial charge in [-0.25, -0.2) is 9.67 Å². The fourth-order valence-corrected chi connectivity index (χ4v) is 2.61. The second-order valence-electron chi connectivity index (χ2n) is 5.02. The maximum absolute atomic E-state index is 11.9. The minimum Gasteiger partial charge on any atom is -0.292 e. The van der Waals surface area contributed by atoms with Crippen LogP contribution in [0.3, 0.4) is 0 Å². The second-order valence-corrected chi connectivity index (χ2v) is 5.02. The Labute approximate surface area is 127 Å². The van der Waals surface area contributed by atoms with Gasteiger partial charge in [0.15, 0.2) is 5.78 Å². The summed E-state index contributed by atoms with van der Waals surface area (Å²) in [5.41, 5.74) is 4.42. The summed E-state index contributed by atoms with van der Waals surface area (Å²) in [7, 11) is 0. The fraction of sp³-hybridized carbons (Fsp3) is 0.0588. The zero-order valence-electron chi connectivity index (χ0n) is 11.7. The minimum atomic E-state index is 0.0681. The summed E-state index contributed by atoms with van der Waals surface area (Å²) in [5, 5.41) is 4.11. The van der Waals surface area contributed by atoms with Crippen LogP contribution in [0.4, 0.5) is 0 Å². The third kappa shape index (κ3) is 2.03. The first-order valence-electron chi connectivity index (χ1n) is 6.95. The van der Waals surface area contributed by atoms with Crippen molar-refractivity contribution in [3.63, 3.8) is 0 Å². The van der Waals surface area contributed by atoms with Crippen LogP contribution in [0.15, 0.2) is 66.2 Å². The molecule has 1 aliphatic rings. The summed E-state index contributed by atoms with van der Waals surface area (Å²) in [6.45, 7) is 0.206. The Morgan fingerprint density at radius 1 is 0.955 bits per heavy atom. The number of ketones is 1. The molecule has 22 heavy (non-hydrogen) atoms. The van der Waals surface area contributed by atoms with Gasteiger partial charge in [0.05, 0.1) is 11.4 Å². The van der Waals surface area contributed by atoms with E-state index in [0.29, 0.717) is 0 Å². The number of hydrogen-bond acceptors (Lipinski definition) is 4. The molecule has 0 fully saturated rings. The molecule has 3 aromatic rings. The molecule has 1 aromatic heterocycles. The normalized spacial score (nSPS) is 13.6. The Hall–Kier alpha value is -3.08. The van der Waals surface area contributed by atoms with Gasteiger partial charge < -0.3 is 0 Å². The Morgan fingerprint density at radius 2 is 1.73 bits per heavy atom. The maximum Gasteiger partial charge on any atom is 0.184 e. The van der Waals surface area contributed by atoms with Crippen LogP contribution in [0, 0.1) is 0 Å². The summed E-state index contributed by atoms with van der Waals surface area (Å²) < 4.78 is 1.70. The highest BCUT2D eigenvalue weighted by molar-refractivity contribution is 6.21. The number of aliphatic imine (C=N–C) groups is 1. The van der Waals surface area contributed by atoms with Crippen molar-refractivity contribution >= 4 is 11.5 Å². The Bertz CT molecular complexity index is 864. The van der Waals surface area contributed by atoms with Gasteiger partial charge in [0.1, 0.15) is 19.2 Å². The summed E-state index contributed by atoms with van der Waals surface area (Å²) in [4.78, 5) is 20.3. The van der Waals surface area contributed by atoms with Crippen molar-refractivity contribution in [3.05, 3.63) is 77.9 Å². The monoisotopic (exact) mass is 288 g/mol. The van der Waals surface area contributed by atoms with Crippen molar-refractivity contribution in [1.82, 2.24) is 14.8 Å². The van der Waals surface area contributed by atoms with Crippen molar-refractivity contribution in [2.75, 3.05) is 6.54 Å². The molecule has 5 heteroatoms. The number of nitrogens with zero attached hydrogens (tertiary/aromatic N) is 4. The molecule has 0 bridgehead atoms. The first kappa shape index (κ1) is 12.6. The molecule has 0 atom stereocenters. The number of Topliss-reactive ketones (excluding diaryl/α,β-unsaturated/α-hetero) is 1. The number of rotatable bonds is 2. The zero-order valence-corrected chi connectivity index (χ0v) is 11.7. The van der Waals surface area contributed by atoms with Gasteiger partial charge in [0.2, 0.25) is 0 Å². The molecule has 106 valence electrons. The number of carbonyl (C=O) groups is 1. The highest BCUT2D eigenvalue weighted by Crippen LogP contribution is 2.21.